The molecule has 2 amide bonds. The molecule has 5 nitrogen and oxygen atoms in total. The number of aliphatic hydroxyl groups excluding tert-OH is 1. The molecule has 0 unspecified atom stereocenters. The van der Waals surface area contributed by atoms with Gasteiger partial charge in [-0.15, -0.1) is 0 Å². The average molecular weight is 343 g/mol. The lowest BCUT2D eigenvalue weighted by Gasteiger charge is -2.31. The standard InChI is InChI=1S/C14H19BrN2O3/c1-20-13-3-2-11(8-12(13)15)16-14(19)17-6-4-10(9-18)5-7-17/h2-3,8,10,18H,4-7,9H2,1H3,(H,16,19). The fourth-order valence-corrected chi connectivity index (χ4v) is 2.81. The van der Waals surface area contributed by atoms with Crippen LogP contribution in [0.1, 0.15) is 12.8 Å². The predicted molar refractivity (Wildman–Crippen MR) is 81.1 cm³/mol. The number of ether oxygens (including phenoxy) is 1. The number of nitrogens with one attached hydrogen (secondary N) is 1. The third-order valence-corrected chi connectivity index (χ3v) is 4.18. The molecule has 6 heteroatoms. The molecule has 0 aliphatic carbocycles. The van der Waals surface area contributed by atoms with Gasteiger partial charge in [0.15, 0.2) is 0 Å². The van der Waals surface area contributed by atoms with Crippen molar-refractivity contribution in [3.8, 4) is 5.75 Å². The topological polar surface area (TPSA) is 61.8 Å². The van der Waals surface area contributed by atoms with Crippen molar-refractivity contribution in [2.75, 3.05) is 32.1 Å². The number of aliphatic hydroxyl groups is 1. The molecule has 0 radical (unpaired) electrons. The third kappa shape index (κ3) is 3.64. The number of urea groups is 1. The van der Waals surface area contributed by atoms with Gasteiger partial charge in [-0.1, -0.05) is 0 Å². The van der Waals surface area contributed by atoms with E-state index in [-0.39, 0.29) is 12.6 Å². The summed E-state index contributed by atoms with van der Waals surface area (Å²) in [5.74, 6) is 1.06. The number of rotatable bonds is 3. The number of nitrogens with zero attached hydrogens (tertiary/aromatic N) is 1. The Morgan fingerprint density at radius 3 is 2.75 bits per heavy atom. The summed E-state index contributed by atoms with van der Waals surface area (Å²) in [7, 11) is 1.60. The molecule has 1 aromatic carbocycles. The summed E-state index contributed by atoms with van der Waals surface area (Å²) in [6.07, 6.45) is 1.71. The number of anilines is 1. The second-order valence-corrected chi connectivity index (χ2v) is 5.75. The number of amides is 2. The summed E-state index contributed by atoms with van der Waals surface area (Å²) in [5, 5.41) is 12.0. The van der Waals surface area contributed by atoms with Crippen LogP contribution in [0.25, 0.3) is 0 Å². The minimum Gasteiger partial charge on any atom is -0.496 e. The highest BCUT2D eigenvalue weighted by Gasteiger charge is 2.22. The van der Waals surface area contributed by atoms with Crippen LogP contribution in [-0.4, -0.2) is 42.8 Å². The molecule has 0 atom stereocenters. The van der Waals surface area contributed by atoms with Crippen LogP contribution in [0, 0.1) is 5.92 Å². The normalized spacial score (nSPS) is 16.1. The Kier molecular flexibility index (Phi) is 5.25. The number of benzene rings is 1. The van der Waals surface area contributed by atoms with Crippen molar-refractivity contribution >= 4 is 27.6 Å². The van der Waals surface area contributed by atoms with Crippen LogP contribution < -0.4 is 10.1 Å². The van der Waals surface area contributed by atoms with Gasteiger partial charge < -0.3 is 20.1 Å². The Labute approximate surface area is 127 Å². The number of halogens is 1. The van der Waals surface area contributed by atoms with Gasteiger partial charge in [-0.3, -0.25) is 0 Å². The van der Waals surface area contributed by atoms with E-state index in [4.69, 9.17) is 9.84 Å². The quantitative estimate of drug-likeness (QED) is 0.887. The van der Waals surface area contributed by atoms with E-state index in [9.17, 15) is 4.79 Å². The molecule has 0 spiro atoms. The molecule has 1 heterocycles. The van der Waals surface area contributed by atoms with Crippen molar-refractivity contribution < 1.29 is 14.6 Å². The van der Waals surface area contributed by atoms with Gasteiger partial charge in [0.2, 0.25) is 0 Å². The first-order valence-corrected chi connectivity index (χ1v) is 7.43. The number of likely N-dealkylation sites (tertiary alicyclic amines) is 1. The Bertz CT molecular complexity index is 473. The Morgan fingerprint density at radius 2 is 2.20 bits per heavy atom. The first kappa shape index (κ1) is 15.1. The maximum Gasteiger partial charge on any atom is 0.321 e. The summed E-state index contributed by atoms with van der Waals surface area (Å²) < 4.78 is 5.95. The first-order chi connectivity index (χ1) is 9.63. The minimum absolute atomic E-state index is 0.0987. The molecule has 0 bridgehead atoms. The van der Waals surface area contributed by atoms with E-state index in [1.165, 1.54) is 0 Å². The largest absolute Gasteiger partial charge is 0.496 e. The third-order valence-electron chi connectivity index (χ3n) is 3.56. The maximum absolute atomic E-state index is 12.1. The summed E-state index contributed by atoms with van der Waals surface area (Å²) in [6, 6.07) is 5.33. The molecule has 20 heavy (non-hydrogen) atoms. The van der Waals surface area contributed by atoms with Crippen LogP contribution >= 0.6 is 15.9 Å². The van der Waals surface area contributed by atoms with Gasteiger partial charge in [0, 0.05) is 25.4 Å². The Balaban J connectivity index is 1.93. The van der Waals surface area contributed by atoms with E-state index in [0.29, 0.717) is 19.0 Å². The van der Waals surface area contributed by atoms with Crippen molar-refractivity contribution in [2.45, 2.75) is 12.8 Å². The molecule has 1 aliphatic rings. The zero-order valence-electron chi connectivity index (χ0n) is 11.4. The van der Waals surface area contributed by atoms with Crippen LogP contribution in [0.5, 0.6) is 5.75 Å². The molecule has 110 valence electrons. The molecule has 0 aromatic heterocycles. The number of carbonyl (C=O) groups excluding carboxylic acids is 1. The van der Waals surface area contributed by atoms with Gasteiger partial charge in [-0.25, -0.2) is 4.79 Å². The summed E-state index contributed by atoms with van der Waals surface area (Å²) in [6.45, 7) is 1.59. The van der Waals surface area contributed by atoms with E-state index in [1.807, 2.05) is 12.1 Å². The molecule has 0 saturated carbocycles. The van der Waals surface area contributed by atoms with Gasteiger partial charge in [0.05, 0.1) is 11.6 Å². The second kappa shape index (κ2) is 6.95. The monoisotopic (exact) mass is 342 g/mol. The number of hydrogen-bond acceptors (Lipinski definition) is 3. The van der Waals surface area contributed by atoms with E-state index in [0.717, 1.165) is 28.8 Å². The Hall–Kier alpha value is -1.27. The molecule has 1 saturated heterocycles. The summed E-state index contributed by atoms with van der Waals surface area (Å²) in [5.41, 5.74) is 0.729. The van der Waals surface area contributed by atoms with Gasteiger partial charge in [-0.05, 0) is 52.9 Å². The van der Waals surface area contributed by atoms with E-state index in [1.54, 1.807) is 18.1 Å². The molecule has 1 fully saturated rings. The maximum atomic E-state index is 12.1. The lowest BCUT2D eigenvalue weighted by atomic mass is 9.98. The van der Waals surface area contributed by atoms with Crippen molar-refractivity contribution in [1.82, 2.24) is 4.90 Å². The number of hydrogen-bond donors (Lipinski definition) is 2. The molecular weight excluding hydrogens is 324 g/mol. The molecule has 2 rings (SSSR count). The Morgan fingerprint density at radius 1 is 1.50 bits per heavy atom. The van der Waals surface area contributed by atoms with Crippen molar-refractivity contribution in [3.05, 3.63) is 22.7 Å². The fourth-order valence-electron chi connectivity index (χ4n) is 2.27. The molecular formula is C14H19BrN2O3. The molecule has 1 aromatic rings. The number of piperidine rings is 1. The lowest BCUT2D eigenvalue weighted by molar-refractivity contribution is 0.143. The number of methoxy groups -OCH3 is 1. The zero-order chi connectivity index (χ0) is 14.5. The first-order valence-electron chi connectivity index (χ1n) is 6.64. The van der Waals surface area contributed by atoms with E-state index in [2.05, 4.69) is 21.2 Å². The van der Waals surface area contributed by atoms with E-state index >= 15 is 0 Å². The lowest BCUT2D eigenvalue weighted by Crippen LogP contribution is -2.41. The van der Waals surface area contributed by atoms with Gasteiger partial charge in [-0.2, -0.15) is 0 Å². The SMILES string of the molecule is COc1ccc(NC(=O)N2CCC(CO)CC2)cc1Br. The van der Waals surface area contributed by atoms with Crippen LogP contribution in [0.3, 0.4) is 0 Å². The van der Waals surface area contributed by atoms with E-state index < -0.39 is 0 Å². The van der Waals surface area contributed by atoms with Crippen LogP contribution in [0.4, 0.5) is 10.5 Å². The van der Waals surface area contributed by atoms with Crippen LogP contribution in [-0.2, 0) is 0 Å². The zero-order valence-corrected chi connectivity index (χ0v) is 13.0. The molecule has 2 N–H and O–H groups in total. The second-order valence-electron chi connectivity index (χ2n) is 4.89. The van der Waals surface area contributed by atoms with Crippen molar-refractivity contribution in [3.63, 3.8) is 0 Å². The van der Waals surface area contributed by atoms with Crippen molar-refractivity contribution in [2.24, 2.45) is 5.92 Å². The highest BCUT2D eigenvalue weighted by molar-refractivity contribution is 9.10. The highest BCUT2D eigenvalue weighted by Crippen LogP contribution is 2.28. The average Bonchev–Trinajstić information content (AvgIpc) is 2.47. The van der Waals surface area contributed by atoms with Crippen LogP contribution in [0.2, 0.25) is 0 Å². The molecule has 1 aliphatic heterocycles. The van der Waals surface area contributed by atoms with Gasteiger partial charge in [0.1, 0.15) is 5.75 Å². The van der Waals surface area contributed by atoms with Crippen LogP contribution in [0.15, 0.2) is 22.7 Å². The highest BCUT2D eigenvalue weighted by atomic mass is 79.9. The van der Waals surface area contributed by atoms with Gasteiger partial charge in [0.25, 0.3) is 0 Å². The predicted octanol–water partition coefficient (Wildman–Crippen LogP) is 2.69. The smallest absolute Gasteiger partial charge is 0.321 e. The van der Waals surface area contributed by atoms with Crippen molar-refractivity contribution in [1.29, 1.82) is 0 Å². The summed E-state index contributed by atoms with van der Waals surface area (Å²) >= 11 is 3.39. The summed E-state index contributed by atoms with van der Waals surface area (Å²) in [4.78, 5) is 13.9. The minimum atomic E-state index is -0.0987. The fraction of sp³-hybridized carbons (Fsp3) is 0.500. The van der Waals surface area contributed by atoms with Gasteiger partial charge >= 0.3 is 6.03 Å². The number of carbonyl (C=O) groups is 1.